The first-order chi connectivity index (χ1) is 8.49. The third kappa shape index (κ3) is 4.47. The highest BCUT2D eigenvalue weighted by molar-refractivity contribution is 7.98. The molecular weight excluding hydrogens is 270 g/mol. The molecule has 0 bridgehead atoms. The Morgan fingerprint density at radius 3 is 2.67 bits per heavy atom. The van der Waals surface area contributed by atoms with Gasteiger partial charge in [-0.1, -0.05) is 0 Å². The van der Waals surface area contributed by atoms with E-state index in [0.717, 1.165) is 12.3 Å². The Kier molecular flexibility index (Phi) is 5.90. The van der Waals surface area contributed by atoms with E-state index in [1.165, 1.54) is 6.20 Å². The molecule has 0 radical (unpaired) electrons. The second-order valence-electron chi connectivity index (χ2n) is 3.89. The van der Waals surface area contributed by atoms with Crippen molar-refractivity contribution in [3.63, 3.8) is 0 Å². The number of pyridine rings is 1. The van der Waals surface area contributed by atoms with E-state index in [0.29, 0.717) is 5.82 Å². The van der Waals surface area contributed by atoms with Crippen LogP contribution in [0, 0.1) is 0 Å². The predicted molar refractivity (Wildman–Crippen MR) is 76.6 cm³/mol. The third-order valence-electron chi connectivity index (χ3n) is 2.18. The maximum atomic E-state index is 12.0. The maximum Gasteiger partial charge on any atom is 0.242 e. The Morgan fingerprint density at radius 2 is 2.17 bits per heavy atom. The maximum absolute atomic E-state index is 12.0. The van der Waals surface area contributed by atoms with E-state index < -0.39 is 10.0 Å². The molecule has 1 aromatic rings. The quantitative estimate of drug-likeness (QED) is 0.797. The van der Waals surface area contributed by atoms with Gasteiger partial charge in [0.1, 0.15) is 10.7 Å². The van der Waals surface area contributed by atoms with Gasteiger partial charge in [-0.3, -0.25) is 0 Å². The van der Waals surface area contributed by atoms with Gasteiger partial charge in [0.15, 0.2) is 0 Å². The van der Waals surface area contributed by atoms with Crippen molar-refractivity contribution in [2.45, 2.75) is 24.8 Å². The van der Waals surface area contributed by atoms with Crippen molar-refractivity contribution in [3.05, 3.63) is 18.3 Å². The SMILES string of the molecule is CCNc1ccc(S(=O)(=O)NC(C)CSC)cn1. The number of rotatable bonds is 7. The van der Waals surface area contributed by atoms with E-state index >= 15 is 0 Å². The predicted octanol–water partition coefficient (Wildman–Crippen LogP) is 1.54. The van der Waals surface area contributed by atoms with Crippen LogP contribution in [0.4, 0.5) is 5.82 Å². The van der Waals surface area contributed by atoms with Crippen LogP contribution in [-0.4, -0.2) is 38.0 Å². The molecule has 0 aliphatic heterocycles. The van der Waals surface area contributed by atoms with Crippen LogP contribution >= 0.6 is 11.8 Å². The molecule has 1 aromatic heterocycles. The monoisotopic (exact) mass is 289 g/mol. The summed E-state index contributed by atoms with van der Waals surface area (Å²) >= 11 is 1.60. The fourth-order valence-corrected chi connectivity index (χ4v) is 3.32. The van der Waals surface area contributed by atoms with Crippen LogP contribution in [0.1, 0.15) is 13.8 Å². The van der Waals surface area contributed by atoms with Crippen molar-refractivity contribution in [2.75, 3.05) is 23.9 Å². The minimum Gasteiger partial charge on any atom is -0.370 e. The van der Waals surface area contributed by atoms with E-state index in [4.69, 9.17) is 0 Å². The molecule has 0 saturated heterocycles. The van der Waals surface area contributed by atoms with Crippen LogP contribution in [0.15, 0.2) is 23.2 Å². The molecule has 0 aromatic carbocycles. The normalized spacial score (nSPS) is 13.3. The Bertz CT molecular complexity index is 460. The molecular formula is C11H19N3O2S2. The van der Waals surface area contributed by atoms with Gasteiger partial charge >= 0.3 is 0 Å². The number of sulfonamides is 1. The minimum atomic E-state index is -3.47. The van der Waals surface area contributed by atoms with Gasteiger partial charge in [-0.15, -0.1) is 0 Å². The fraction of sp³-hybridized carbons (Fsp3) is 0.545. The van der Waals surface area contributed by atoms with Crippen molar-refractivity contribution in [1.82, 2.24) is 9.71 Å². The van der Waals surface area contributed by atoms with Gasteiger partial charge in [0.05, 0.1) is 0 Å². The van der Waals surface area contributed by atoms with Crippen LogP contribution in [0.3, 0.4) is 0 Å². The lowest BCUT2D eigenvalue weighted by Gasteiger charge is -2.13. The number of anilines is 1. The zero-order valence-electron chi connectivity index (χ0n) is 10.8. The largest absolute Gasteiger partial charge is 0.370 e. The first-order valence-electron chi connectivity index (χ1n) is 5.70. The van der Waals surface area contributed by atoms with Gasteiger partial charge in [0.25, 0.3) is 0 Å². The number of hydrogen-bond acceptors (Lipinski definition) is 5. The molecule has 1 rings (SSSR count). The van der Waals surface area contributed by atoms with Crippen molar-refractivity contribution in [1.29, 1.82) is 0 Å². The minimum absolute atomic E-state index is 0.0987. The zero-order valence-corrected chi connectivity index (χ0v) is 12.4. The molecule has 5 nitrogen and oxygen atoms in total. The first-order valence-corrected chi connectivity index (χ1v) is 8.58. The van der Waals surface area contributed by atoms with Crippen molar-refractivity contribution in [2.24, 2.45) is 0 Å². The summed E-state index contributed by atoms with van der Waals surface area (Å²) in [6.45, 7) is 4.55. The van der Waals surface area contributed by atoms with Crippen LogP contribution in [0.2, 0.25) is 0 Å². The number of hydrogen-bond donors (Lipinski definition) is 2. The van der Waals surface area contributed by atoms with Gasteiger partial charge < -0.3 is 5.32 Å². The molecule has 1 atom stereocenters. The Labute approximate surface area is 113 Å². The molecule has 0 spiro atoms. The van der Waals surface area contributed by atoms with Crippen molar-refractivity contribution < 1.29 is 8.42 Å². The van der Waals surface area contributed by atoms with Gasteiger partial charge in [0, 0.05) is 24.5 Å². The van der Waals surface area contributed by atoms with E-state index in [1.54, 1.807) is 23.9 Å². The number of aromatic nitrogens is 1. The van der Waals surface area contributed by atoms with E-state index in [-0.39, 0.29) is 10.9 Å². The second-order valence-corrected chi connectivity index (χ2v) is 6.51. The topological polar surface area (TPSA) is 71.1 Å². The zero-order chi connectivity index (χ0) is 13.6. The smallest absolute Gasteiger partial charge is 0.242 e. The summed E-state index contributed by atoms with van der Waals surface area (Å²) in [5.74, 6) is 1.41. The number of nitrogens with zero attached hydrogens (tertiary/aromatic N) is 1. The molecule has 7 heteroatoms. The lowest BCUT2D eigenvalue weighted by molar-refractivity contribution is 0.570. The molecule has 18 heavy (non-hydrogen) atoms. The summed E-state index contributed by atoms with van der Waals surface area (Å²) in [7, 11) is -3.47. The Hall–Kier alpha value is -0.790. The molecule has 0 amide bonds. The van der Waals surface area contributed by atoms with E-state index in [1.807, 2.05) is 20.1 Å². The Balaban J connectivity index is 2.78. The summed E-state index contributed by atoms with van der Waals surface area (Å²) < 4.78 is 26.6. The molecule has 0 aliphatic carbocycles. The summed E-state index contributed by atoms with van der Waals surface area (Å²) in [5.41, 5.74) is 0. The van der Waals surface area contributed by atoms with E-state index in [2.05, 4.69) is 15.0 Å². The molecule has 0 saturated carbocycles. The summed E-state index contributed by atoms with van der Waals surface area (Å²) in [6, 6.07) is 3.12. The van der Waals surface area contributed by atoms with Gasteiger partial charge in [-0.2, -0.15) is 11.8 Å². The third-order valence-corrected chi connectivity index (χ3v) is 4.59. The standard InChI is InChI=1S/C11H19N3O2S2/c1-4-12-11-6-5-10(7-13-11)18(15,16)14-9(2)8-17-3/h5-7,9,14H,4,8H2,1-3H3,(H,12,13). The first kappa shape index (κ1) is 15.3. The lowest BCUT2D eigenvalue weighted by Crippen LogP contribution is -2.34. The highest BCUT2D eigenvalue weighted by Crippen LogP contribution is 2.11. The number of thioether (sulfide) groups is 1. The van der Waals surface area contributed by atoms with Crippen molar-refractivity contribution in [3.8, 4) is 0 Å². The van der Waals surface area contributed by atoms with Gasteiger partial charge in [-0.05, 0) is 32.2 Å². The molecule has 0 aliphatic rings. The summed E-state index contributed by atoms with van der Waals surface area (Å²) in [6.07, 6.45) is 3.31. The lowest BCUT2D eigenvalue weighted by atomic mass is 10.4. The summed E-state index contributed by atoms with van der Waals surface area (Å²) in [4.78, 5) is 4.24. The van der Waals surface area contributed by atoms with Crippen LogP contribution in [0.5, 0.6) is 0 Å². The molecule has 0 fully saturated rings. The van der Waals surface area contributed by atoms with Crippen LogP contribution in [0.25, 0.3) is 0 Å². The van der Waals surface area contributed by atoms with E-state index in [9.17, 15) is 8.42 Å². The van der Waals surface area contributed by atoms with Gasteiger partial charge in [-0.25, -0.2) is 18.1 Å². The number of nitrogens with one attached hydrogen (secondary N) is 2. The van der Waals surface area contributed by atoms with Gasteiger partial charge in [0.2, 0.25) is 10.0 Å². The average molecular weight is 289 g/mol. The van der Waals surface area contributed by atoms with Crippen LogP contribution < -0.4 is 10.0 Å². The van der Waals surface area contributed by atoms with Crippen molar-refractivity contribution >= 4 is 27.6 Å². The fourth-order valence-electron chi connectivity index (χ4n) is 1.44. The molecule has 1 unspecified atom stereocenters. The second kappa shape index (κ2) is 6.96. The molecule has 1 heterocycles. The summed E-state index contributed by atoms with van der Waals surface area (Å²) in [5, 5.41) is 3.02. The molecule has 2 N–H and O–H groups in total. The highest BCUT2D eigenvalue weighted by Gasteiger charge is 2.17. The molecule has 102 valence electrons. The Morgan fingerprint density at radius 1 is 1.44 bits per heavy atom. The average Bonchev–Trinajstić information content (AvgIpc) is 2.29. The van der Waals surface area contributed by atoms with Crippen LogP contribution in [-0.2, 0) is 10.0 Å². The highest BCUT2D eigenvalue weighted by atomic mass is 32.2.